The molecule has 1 aromatic rings. The first kappa shape index (κ1) is 19.2. The highest BCUT2D eigenvalue weighted by Gasteiger charge is 2.28. The van der Waals surface area contributed by atoms with Gasteiger partial charge in [-0.3, -0.25) is 9.59 Å². The molecule has 0 bridgehead atoms. The molecule has 4 heterocycles. The molecule has 0 saturated carbocycles. The summed E-state index contributed by atoms with van der Waals surface area (Å²) in [6.45, 7) is 7.71. The molecule has 6 nitrogen and oxygen atoms in total. The molecule has 0 aliphatic carbocycles. The van der Waals surface area contributed by atoms with E-state index in [-0.39, 0.29) is 5.91 Å². The van der Waals surface area contributed by atoms with Crippen LogP contribution in [0.25, 0.3) is 0 Å². The molecule has 3 aliphatic rings. The van der Waals surface area contributed by atoms with Gasteiger partial charge in [0.15, 0.2) is 0 Å². The largest absolute Gasteiger partial charge is 0.356 e. The van der Waals surface area contributed by atoms with Crippen LogP contribution in [-0.4, -0.2) is 65.9 Å². The van der Waals surface area contributed by atoms with Crippen molar-refractivity contribution in [1.29, 1.82) is 0 Å². The van der Waals surface area contributed by atoms with E-state index in [1.165, 1.54) is 12.8 Å². The molecule has 28 heavy (non-hydrogen) atoms. The molecule has 3 aliphatic heterocycles. The summed E-state index contributed by atoms with van der Waals surface area (Å²) >= 11 is 0. The maximum atomic E-state index is 12.9. The van der Waals surface area contributed by atoms with Gasteiger partial charge in [-0.2, -0.15) is 0 Å². The predicted octanol–water partition coefficient (Wildman–Crippen LogP) is 2.79. The van der Waals surface area contributed by atoms with Crippen LogP contribution in [-0.2, 0) is 4.79 Å². The minimum atomic E-state index is 0.0850. The zero-order chi connectivity index (χ0) is 19.5. The Labute approximate surface area is 167 Å². The number of anilines is 1. The molecule has 0 spiro atoms. The number of carbonyl (C=O) groups is 2. The summed E-state index contributed by atoms with van der Waals surface area (Å²) < 4.78 is 0. The van der Waals surface area contributed by atoms with E-state index < -0.39 is 0 Å². The Morgan fingerprint density at radius 3 is 2.57 bits per heavy atom. The van der Waals surface area contributed by atoms with Crippen LogP contribution in [0.3, 0.4) is 0 Å². The molecule has 6 heteroatoms. The fraction of sp³-hybridized carbons (Fsp3) is 0.682. The lowest BCUT2D eigenvalue weighted by molar-refractivity contribution is -0.128. The van der Waals surface area contributed by atoms with Crippen molar-refractivity contribution in [1.82, 2.24) is 14.8 Å². The van der Waals surface area contributed by atoms with E-state index in [9.17, 15) is 9.59 Å². The van der Waals surface area contributed by atoms with Crippen molar-refractivity contribution < 1.29 is 9.59 Å². The third-order valence-electron chi connectivity index (χ3n) is 6.53. The van der Waals surface area contributed by atoms with Crippen LogP contribution in [0.1, 0.15) is 55.8 Å². The Hall–Kier alpha value is -2.11. The minimum Gasteiger partial charge on any atom is -0.356 e. The predicted molar refractivity (Wildman–Crippen MR) is 109 cm³/mol. The highest BCUT2D eigenvalue weighted by atomic mass is 16.2. The zero-order valence-electron chi connectivity index (χ0n) is 17.0. The smallest absolute Gasteiger partial charge is 0.255 e. The Bertz CT molecular complexity index is 697. The van der Waals surface area contributed by atoms with E-state index in [1.54, 1.807) is 6.20 Å². The topological polar surface area (TPSA) is 56.8 Å². The van der Waals surface area contributed by atoms with Crippen molar-refractivity contribution in [2.24, 2.45) is 11.8 Å². The minimum absolute atomic E-state index is 0.0850. The number of rotatable bonds is 4. The van der Waals surface area contributed by atoms with Crippen molar-refractivity contribution in [2.45, 2.75) is 45.4 Å². The lowest BCUT2D eigenvalue weighted by Crippen LogP contribution is -2.42. The Balaban J connectivity index is 1.29. The van der Waals surface area contributed by atoms with Crippen molar-refractivity contribution >= 4 is 17.6 Å². The van der Waals surface area contributed by atoms with Crippen LogP contribution in [0.5, 0.6) is 0 Å². The number of piperidine rings is 2. The van der Waals surface area contributed by atoms with Crippen molar-refractivity contribution in [3.05, 3.63) is 23.9 Å². The monoisotopic (exact) mass is 384 g/mol. The lowest BCUT2D eigenvalue weighted by Gasteiger charge is -2.34. The van der Waals surface area contributed by atoms with Gasteiger partial charge in [0.2, 0.25) is 5.91 Å². The fourth-order valence-corrected chi connectivity index (χ4v) is 4.81. The second kappa shape index (κ2) is 8.50. The summed E-state index contributed by atoms with van der Waals surface area (Å²) in [5, 5.41) is 0. The van der Waals surface area contributed by atoms with Gasteiger partial charge in [0, 0.05) is 51.9 Å². The van der Waals surface area contributed by atoms with Gasteiger partial charge in [0.25, 0.3) is 5.91 Å². The van der Waals surface area contributed by atoms with E-state index in [4.69, 9.17) is 0 Å². The number of pyridine rings is 1. The molecule has 3 fully saturated rings. The number of aromatic nitrogens is 1. The van der Waals surface area contributed by atoms with E-state index in [1.807, 2.05) is 21.9 Å². The summed E-state index contributed by atoms with van der Waals surface area (Å²) in [7, 11) is 0. The molecule has 0 radical (unpaired) electrons. The van der Waals surface area contributed by atoms with Crippen molar-refractivity contribution in [3.8, 4) is 0 Å². The van der Waals surface area contributed by atoms with Gasteiger partial charge in [-0.15, -0.1) is 0 Å². The number of hydrogen-bond donors (Lipinski definition) is 0. The molecular formula is C22H32N4O2. The Morgan fingerprint density at radius 2 is 1.93 bits per heavy atom. The molecule has 3 saturated heterocycles. The molecule has 0 aromatic carbocycles. The third-order valence-corrected chi connectivity index (χ3v) is 6.53. The standard InChI is InChI=1S/C22H32N4O2/c1-17-4-2-10-25(15-17)20-7-6-19(14-23-20)22(28)24-12-8-18(9-13-24)16-26-11-3-5-21(26)27/h6-7,14,17-18H,2-5,8-13,15-16H2,1H3/t17-/m0/s1. The summed E-state index contributed by atoms with van der Waals surface area (Å²) in [5.41, 5.74) is 0.682. The summed E-state index contributed by atoms with van der Waals surface area (Å²) in [6, 6.07) is 3.93. The Morgan fingerprint density at radius 1 is 1.11 bits per heavy atom. The lowest BCUT2D eigenvalue weighted by atomic mass is 9.96. The molecule has 0 unspecified atom stereocenters. The van der Waals surface area contributed by atoms with Crippen LogP contribution in [0.2, 0.25) is 0 Å². The average Bonchev–Trinajstić information content (AvgIpc) is 3.13. The summed E-state index contributed by atoms with van der Waals surface area (Å²) in [5.74, 6) is 2.59. The first-order chi connectivity index (χ1) is 13.6. The van der Waals surface area contributed by atoms with Gasteiger partial charge >= 0.3 is 0 Å². The van der Waals surface area contributed by atoms with Crippen LogP contribution in [0.4, 0.5) is 5.82 Å². The second-order valence-corrected chi connectivity index (χ2v) is 8.78. The third kappa shape index (κ3) is 4.31. The zero-order valence-corrected chi connectivity index (χ0v) is 17.0. The number of hydrogen-bond acceptors (Lipinski definition) is 4. The first-order valence-electron chi connectivity index (χ1n) is 10.9. The molecule has 1 atom stereocenters. The first-order valence-corrected chi connectivity index (χ1v) is 10.9. The molecule has 2 amide bonds. The second-order valence-electron chi connectivity index (χ2n) is 8.78. The number of carbonyl (C=O) groups excluding carboxylic acids is 2. The summed E-state index contributed by atoms with van der Waals surface area (Å²) in [4.78, 5) is 35.5. The molecule has 0 N–H and O–H groups in total. The highest BCUT2D eigenvalue weighted by Crippen LogP contribution is 2.24. The number of amides is 2. The van der Waals surface area contributed by atoms with E-state index in [0.717, 1.165) is 64.3 Å². The van der Waals surface area contributed by atoms with E-state index in [0.29, 0.717) is 29.7 Å². The van der Waals surface area contributed by atoms with Crippen LogP contribution in [0.15, 0.2) is 18.3 Å². The maximum absolute atomic E-state index is 12.9. The molecule has 1 aromatic heterocycles. The van der Waals surface area contributed by atoms with Crippen molar-refractivity contribution in [2.75, 3.05) is 44.2 Å². The van der Waals surface area contributed by atoms with Gasteiger partial charge < -0.3 is 14.7 Å². The van der Waals surface area contributed by atoms with Crippen LogP contribution < -0.4 is 4.90 Å². The highest BCUT2D eigenvalue weighted by molar-refractivity contribution is 5.94. The van der Waals surface area contributed by atoms with Gasteiger partial charge in [0.1, 0.15) is 5.82 Å². The normalized spacial score (nSPS) is 24.1. The quantitative estimate of drug-likeness (QED) is 0.801. The fourth-order valence-electron chi connectivity index (χ4n) is 4.81. The summed E-state index contributed by atoms with van der Waals surface area (Å²) in [6.07, 6.45) is 7.90. The average molecular weight is 385 g/mol. The van der Waals surface area contributed by atoms with E-state index >= 15 is 0 Å². The van der Waals surface area contributed by atoms with E-state index in [2.05, 4.69) is 16.8 Å². The number of nitrogens with zero attached hydrogens (tertiary/aromatic N) is 4. The van der Waals surface area contributed by atoms with Gasteiger partial charge in [-0.25, -0.2) is 4.98 Å². The number of likely N-dealkylation sites (tertiary alicyclic amines) is 2. The van der Waals surface area contributed by atoms with Crippen LogP contribution >= 0.6 is 0 Å². The van der Waals surface area contributed by atoms with Crippen molar-refractivity contribution in [3.63, 3.8) is 0 Å². The van der Waals surface area contributed by atoms with Gasteiger partial charge in [0.05, 0.1) is 5.56 Å². The molecule has 152 valence electrons. The molecular weight excluding hydrogens is 352 g/mol. The van der Waals surface area contributed by atoms with Crippen LogP contribution in [0, 0.1) is 11.8 Å². The SMILES string of the molecule is C[C@H]1CCCN(c2ccc(C(=O)N3CCC(CN4CCCC4=O)CC3)cn2)C1. The van der Waals surface area contributed by atoms with Gasteiger partial charge in [-0.1, -0.05) is 6.92 Å². The maximum Gasteiger partial charge on any atom is 0.255 e. The molecule has 4 rings (SSSR count). The van der Waals surface area contributed by atoms with Gasteiger partial charge in [-0.05, 0) is 56.1 Å². The Kier molecular flexibility index (Phi) is 5.83.